The number of aromatic nitrogens is 1. The van der Waals surface area contributed by atoms with Crippen LogP contribution in [0, 0.1) is 11.8 Å². The molecule has 0 spiro atoms. The minimum atomic E-state index is -0.776. The summed E-state index contributed by atoms with van der Waals surface area (Å²) in [6.45, 7) is 2.65. The SMILES string of the molecule is CCc1nc(CCNC(=O)C2CCCC(C(=O)O)C2)cs1. The van der Waals surface area contributed by atoms with Gasteiger partial charge in [-0.15, -0.1) is 11.3 Å². The van der Waals surface area contributed by atoms with Gasteiger partial charge in [0.25, 0.3) is 0 Å². The number of hydrogen-bond acceptors (Lipinski definition) is 4. The van der Waals surface area contributed by atoms with Gasteiger partial charge in [0.05, 0.1) is 16.6 Å². The number of carboxylic acids is 1. The molecule has 0 radical (unpaired) electrons. The zero-order chi connectivity index (χ0) is 15.2. The fourth-order valence-electron chi connectivity index (χ4n) is 2.74. The molecule has 21 heavy (non-hydrogen) atoms. The molecule has 0 aromatic carbocycles. The van der Waals surface area contributed by atoms with Crippen LogP contribution in [0.25, 0.3) is 0 Å². The smallest absolute Gasteiger partial charge is 0.306 e. The number of aryl methyl sites for hydroxylation is 1. The van der Waals surface area contributed by atoms with Crippen molar-refractivity contribution in [3.63, 3.8) is 0 Å². The fraction of sp³-hybridized carbons (Fsp3) is 0.667. The van der Waals surface area contributed by atoms with Crippen LogP contribution in [0.1, 0.15) is 43.3 Å². The molecule has 1 aliphatic carbocycles. The summed E-state index contributed by atoms with van der Waals surface area (Å²) in [4.78, 5) is 27.6. The molecule has 1 aromatic rings. The van der Waals surface area contributed by atoms with E-state index in [4.69, 9.17) is 5.11 Å². The Morgan fingerprint density at radius 2 is 2.19 bits per heavy atom. The number of thiazole rings is 1. The van der Waals surface area contributed by atoms with Crippen LogP contribution in [-0.4, -0.2) is 28.5 Å². The standard InChI is InChI=1S/C15H22N2O3S/c1-2-13-17-12(9-21-13)6-7-16-14(18)10-4-3-5-11(8-10)15(19)20/h9-11H,2-8H2,1H3,(H,16,18)(H,19,20). The van der Waals surface area contributed by atoms with Crippen LogP contribution >= 0.6 is 11.3 Å². The number of amides is 1. The lowest BCUT2D eigenvalue weighted by molar-refractivity contribution is -0.144. The third-order valence-electron chi connectivity index (χ3n) is 3.98. The summed E-state index contributed by atoms with van der Waals surface area (Å²) < 4.78 is 0. The largest absolute Gasteiger partial charge is 0.481 e. The number of nitrogens with zero attached hydrogens (tertiary/aromatic N) is 1. The first-order valence-corrected chi connectivity index (χ1v) is 8.42. The molecule has 2 unspecified atom stereocenters. The van der Waals surface area contributed by atoms with Gasteiger partial charge < -0.3 is 10.4 Å². The van der Waals surface area contributed by atoms with E-state index in [2.05, 4.69) is 17.2 Å². The maximum Gasteiger partial charge on any atom is 0.306 e. The molecule has 5 nitrogen and oxygen atoms in total. The molecule has 1 fully saturated rings. The second-order valence-electron chi connectivity index (χ2n) is 5.53. The summed E-state index contributed by atoms with van der Waals surface area (Å²) >= 11 is 1.65. The van der Waals surface area contributed by atoms with Crippen LogP contribution in [0.3, 0.4) is 0 Å². The summed E-state index contributed by atoms with van der Waals surface area (Å²) in [5.41, 5.74) is 1.02. The van der Waals surface area contributed by atoms with E-state index in [-0.39, 0.29) is 17.7 Å². The Bertz CT molecular complexity index is 501. The number of rotatable bonds is 6. The molecule has 0 bridgehead atoms. The number of aliphatic carboxylic acids is 1. The van der Waals surface area contributed by atoms with Crippen molar-refractivity contribution >= 4 is 23.2 Å². The minimum Gasteiger partial charge on any atom is -0.481 e. The highest BCUT2D eigenvalue weighted by Crippen LogP contribution is 2.29. The van der Waals surface area contributed by atoms with Crippen molar-refractivity contribution in [3.8, 4) is 0 Å². The van der Waals surface area contributed by atoms with Crippen molar-refractivity contribution in [2.24, 2.45) is 11.8 Å². The van der Waals surface area contributed by atoms with Crippen LogP contribution in [0.5, 0.6) is 0 Å². The quantitative estimate of drug-likeness (QED) is 0.844. The second-order valence-corrected chi connectivity index (χ2v) is 6.47. The maximum atomic E-state index is 12.1. The first-order valence-electron chi connectivity index (χ1n) is 7.54. The Morgan fingerprint density at radius 1 is 1.43 bits per heavy atom. The van der Waals surface area contributed by atoms with Gasteiger partial charge in [-0.1, -0.05) is 13.3 Å². The predicted molar refractivity (Wildman–Crippen MR) is 81.3 cm³/mol. The van der Waals surface area contributed by atoms with Crippen LogP contribution in [0.4, 0.5) is 0 Å². The number of hydrogen-bond donors (Lipinski definition) is 2. The van der Waals surface area contributed by atoms with Gasteiger partial charge in [-0.25, -0.2) is 4.98 Å². The van der Waals surface area contributed by atoms with Crippen LogP contribution in [0.15, 0.2) is 5.38 Å². The van der Waals surface area contributed by atoms with Crippen molar-refractivity contribution in [1.29, 1.82) is 0 Å². The summed E-state index contributed by atoms with van der Waals surface area (Å²) in [6, 6.07) is 0. The van der Waals surface area contributed by atoms with Crippen LogP contribution in [-0.2, 0) is 22.4 Å². The topological polar surface area (TPSA) is 79.3 Å². The van der Waals surface area contributed by atoms with Crippen molar-refractivity contribution in [3.05, 3.63) is 16.1 Å². The molecule has 2 rings (SSSR count). The Balaban J connectivity index is 1.75. The maximum absolute atomic E-state index is 12.1. The van der Waals surface area contributed by atoms with Crippen molar-refractivity contribution in [2.45, 2.75) is 45.4 Å². The Kier molecular flexibility index (Phi) is 5.73. The van der Waals surface area contributed by atoms with Crippen LogP contribution in [0.2, 0.25) is 0 Å². The molecule has 0 saturated heterocycles. The molecule has 6 heteroatoms. The molecule has 2 N–H and O–H groups in total. The monoisotopic (exact) mass is 310 g/mol. The lowest BCUT2D eigenvalue weighted by atomic mass is 9.81. The molecule has 2 atom stereocenters. The van der Waals surface area contributed by atoms with Gasteiger partial charge in [-0.2, -0.15) is 0 Å². The van der Waals surface area contributed by atoms with Crippen molar-refractivity contribution in [1.82, 2.24) is 10.3 Å². The zero-order valence-corrected chi connectivity index (χ0v) is 13.1. The summed E-state index contributed by atoms with van der Waals surface area (Å²) in [6.07, 6.45) is 4.45. The second kappa shape index (κ2) is 7.54. The number of carbonyl (C=O) groups excluding carboxylic acids is 1. The van der Waals surface area contributed by atoms with E-state index in [1.165, 1.54) is 0 Å². The minimum absolute atomic E-state index is 0.00751. The van der Waals surface area contributed by atoms with Gasteiger partial charge >= 0.3 is 5.97 Å². The summed E-state index contributed by atoms with van der Waals surface area (Å²) in [7, 11) is 0. The van der Waals surface area contributed by atoms with Gasteiger partial charge in [-0.05, 0) is 25.7 Å². The average molecular weight is 310 g/mol. The van der Waals surface area contributed by atoms with Gasteiger partial charge in [0.2, 0.25) is 5.91 Å². The normalized spacial score (nSPS) is 22.0. The first-order chi connectivity index (χ1) is 10.1. The predicted octanol–water partition coefficient (Wildman–Crippen LogP) is 2.26. The molecule has 0 aliphatic heterocycles. The highest BCUT2D eigenvalue weighted by Gasteiger charge is 2.30. The first kappa shape index (κ1) is 15.9. The van der Waals surface area contributed by atoms with E-state index >= 15 is 0 Å². The molecular formula is C15H22N2O3S. The van der Waals surface area contributed by atoms with Crippen molar-refractivity contribution < 1.29 is 14.7 Å². The molecule has 116 valence electrons. The fourth-order valence-corrected chi connectivity index (χ4v) is 3.52. The molecule has 1 saturated carbocycles. The summed E-state index contributed by atoms with van der Waals surface area (Å²) in [5.74, 6) is -1.30. The Hall–Kier alpha value is -1.43. The van der Waals surface area contributed by atoms with E-state index in [1.54, 1.807) is 11.3 Å². The van der Waals surface area contributed by atoms with E-state index in [9.17, 15) is 9.59 Å². The van der Waals surface area contributed by atoms with Gasteiger partial charge in [0.15, 0.2) is 0 Å². The van der Waals surface area contributed by atoms with Gasteiger partial charge in [0.1, 0.15) is 0 Å². The van der Waals surface area contributed by atoms with E-state index in [1.807, 2.05) is 5.38 Å². The summed E-state index contributed by atoms with van der Waals surface area (Å²) in [5, 5.41) is 15.1. The number of carbonyl (C=O) groups is 2. The molecule has 1 amide bonds. The van der Waals surface area contributed by atoms with E-state index in [0.717, 1.165) is 36.4 Å². The highest BCUT2D eigenvalue weighted by molar-refractivity contribution is 7.09. The Labute approximate surface area is 128 Å². The third kappa shape index (κ3) is 4.52. The molecule has 1 aromatic heterocycles. The average Bonchev–Trinajstić information content (AvgIpc) is 2.95. The van der Waals surface area contributed by atoms with Gasteiger partial charge in [-0.3, -0.25) is 9.59 Å². The van der Waals surface area contributed by atoms with E-state index < -0.39 is 5.97 Å². The lowest BCUT2D eigenvalue weighted by Gasteiger charge is -2.25. The molecule has 1 heterocycles. The molecule has 1 aliphatic rings. The van der Waals surface area contributed by atoms with E-state index in [0.29, 0.717) is 19.4 Å². The molecular weight excluding hydrogens is 288 g/mol. The lowest BCUT2D eigenvalue weighted by Crippen LogP contribution is -2.36. The van der Waals surface area contributed by atoms with Crippen molar-refractivity contribution in [2.75, 3.05) is 6.54 Å². The van der Waals surface area contributed by atoms with Gasteiger partial charge in [0, 0.05) is 24.3 Å². The highest BCUT2D eigenvalue weighted by atomic mass is 32.1. The zero-order valence-electron chi connectivity index (χ0n) is 12.3. The van der Waals surface area contributed by atoms with Crippen LogP contribution < -0.4 is 5.32 Å². The Morgan fingerprint density at radius 3 is 2.86 bits per heavy atom. The third-order valence-corrected chi connectivity index (χ3v) is 5.02. The number of nitrogens with one attached hydrogen (secondary N) is 1. The number of carboxylic acid groups (broad SMARTS) is 1.